The number of hydrogen-bond acceptors (Lipinski definition) is 2. The Bertz CT molecular complexity index is 431. The summed E-state index contributed by atoms with van der Waals surface area (Å²) in [5.74, 6) is 0.212. The molecule has 0 radical (unpaired) electrons. The van der Waals surface area contributed by atoms with Crippen molar-refractivity contribution in [3.05, 3.63) is 34.9 Å². The molecular formula is C15H21NO. The van der Waals surface area contributed by atoms with Gasteiger partial charge in [-0.05, 0) is 37.8 Å². The summed E-state index contributed by atoms with van der Waals surface area (Å²) in [7, 11) is 0. The molecule has 0 spiro atoms. The number of aryl methyl sites for hydroxylation is 2. The highest BCUT2D eigenvalue weighted by molar-refractivity contribution is 5.90. The van der Waals surface area contributed by atoms with Gasteiger partial charge in [0.05, 0.1) is 5.54 Å². The molecular weight excluding hydrogens is 210 g/mol. The van der Waals surface area contributed by atoms with Crippen molar-refractivity contribution >= 4 is 5.78 Å². The lowest BCUT2D eigenvalue weighted by Crippen LogP contribution is -2.46. The van der Waals surface area contributed by atoms with Crippen LogP contribution in [0, 0.1) is 13.8 Å². The van der Waals surface area contributed by atoms with Crippen LogP contribution in [-0.4, -0.2) is 11.3 Å². The molecule has 2 nitrogen and oxygen atoms in total. The first-order valence-corrected chi connectivity index (χ1v) is 6.40. The van der Waals surface area contributed by atoms with Crippen LogP contribution in [0.1, 0.15) is 42.4 Å². The van der Waals surface area contributed by atoms with Gasteiger partial charge in [-0.25, -0.2) is 0 Å². The number of ketones is 1. The van der Waals surface area contributed by atoms with Gasteiger partial charge in [-0.3, -0.25) is 4.79 Å². The Balaban J connectivity index is 2.15. The van der Waals surface area contributed by atoms with Crippen molar-refractivity contribution in [1.82, 2.24) is 0 Å². The van der Waals surface area contributed by atoms with Crippen molar-refractivity contribution in [3.63, 3.8) is 0 Å². The van der Waals surface area contributed by atoms with E-state index in [9.17, 15) is 4.79 Å². The van der Waals surface area contributed by atoms with Crippen LogP contribution < -0.4 is 5.73 Å². The van der Waals surface area contributed by atoms with Crippen LogP contribution in [0.4, 0.5) is 0 Å². The van der Waals surface area contributed by atoms with Gasteiger partial charge in [0.25, 0.3) is 0 Å². The minimum atomic E-state index is -0.545. The molecule has 2 heteroatoms. The molecule has 0 heterocycles. The molecule has 0 bridgehead atoms. The fourth-order valence-electron chi connectivity index (χ4n) is 2.62. The minimum Gasteiger partial charge on any atom is -0.319 e. The number of carbonyl (C=O) groups is 1. The fraction of sp³-hybridized carbons (Fsp3) is 0.533. The average molecular weight is 231 g/mol. The molecule has 92 valence electrons. The summed E-state index contributed by atoms with van der Waals surface area (Å²) in [6, 6.07) is 6.26. The monoisotopic (exact) mass is 231 g/mol. The van der Waals surface area contributed by atoms with Crippen LogP contribution in [0.2, 0.25) is 0 Å². The Morgan fingerprint density at radius 1 is 1.29 bits per heavy atom. The topological polar surface area (TPSA) is 43.1 Å². The highest BCUT2D eigenvalue weighted by atomic mass is 16.1. The third-order valence-electron chi connectivity index (χ3n) is 3.91. The molecule has 2 rings (SSSR count). The Hall–Kier alpha value is -1.15. The molecule has 1 aliphatic carbocycles. The van der Waals surface area contributed by atoms with Crippen molar-refractivity contribution in [2.45, 2.75) is 51.5 Å². The molecule has 1 saturated carbocycles. The van der Waals surface area contributed by atoms with E-state index in [1.54, 1.807) is 0 Å². The van der Waals surface area contributed by atoms with Crippen molar-refractivity contribution in [3.8, 4) is 0 Å². The second kappa shape index (κ2) is 4.61. The smallest absolute Gasteiger partial charge is 0.157 e. The number of rotatable bonds is 3. The maximum absolute atomic E-state index is 12.3. The predicted molar refractivity (Wildman–Crippen MR) is 70.0 cm³/mol. The van der Waals surface area contributed by atoms with E-state index in [2.05, 4.69) is 32.0 Å². The Labute approximate surface area is 103 Å². The summed E-state index contributed by atoms with van der Waals surface area (Å²) < 4.78 is 0. The van der Waals surface area contributed by atoms with Crippen molar-refractivity contribution in [2.24, 2.45) is 5.73 Å². The molecule has 17 heavy (non-hydrogen) atoms. The zero-order chi connectivity index (χ0) is 12.5. The van der Waals surface area contributed by atoms with E-state index < -0.39 is 5.54 Å². The van der Waals surface area contributed by atoms with Gasteiger partial charge in [-0.15, -0.1) is 0 Å². The summed E-state index contributed by atoms with van der Waals surface area (Å²) in [4.78, 5) is 12.3. The molecule has 2 N–H and O–H groups in total. The molecule has 0 atom stereocenters. The van der Waals surface area contributed by atoms with Gasteiger partial charge in [0.2, 0.25) is 0 Å². The maximum Gasteiger partial charge on any atom is 0.157 e. The SMILES string of the molecule is Cc1ccc(C)c(CC(=O)C2(N)CCCC2)c1. The standard InChI is InChI=1S/C15H21NO/c1-11-5-6-12(2)13(9-11)10-14(17)15(16)7-3-4-8-15/h5-6,9H,3-4,7-8,10,16H2,1-2H3. The van der Waals surface area contributed by atoms with Gasteiger partial charge in [0.1, 0.15) is 0 Å². The lowest BCUT2D eigenvalue weighted by atomic mass is 9.88. The summed E-state index contributed by atoms with van der Waals surface area (Å²) in [5, 5.41) is 0. The van der Waals surface area contributed by atoms with E-state index in [0.29, 0.717) is 6.42 Å². The van der Waals surface area contributed by atoms with Crippen LogP contribution in [0.3, 0.4) is 0 Å². The maximum atomic E-state index is 12.3. The number of nitrogens with two attached hydrogens (primary N) is 1. The molecule has 1 aliphatic rings. The van der Waals surface area contributed by atoms with E-state index in [4.69, 9.17) is 5.73 Å². The second-order valence-corrected chi connectivity index (χ2v) is 5.39. The number of carbonyl (C=O) groups excluding carboxylic acids is 1. The Kier molecular flexibility index (Phi) is 3.34. The minimum absolute atomic E-state index is 0.212. The number of benzene rings is 1. The molecule has 1 aromatic rings. The van der Waals surface area contributed by atoms with Crippen molar-refractivity contribution < 1.29 is 4.79 Å². The van der Waals surface area contributed by atoms with E-state index in [1.165, 1.54) is 11.1 Å². The lowest BCUT2D eigenvalue weighted by molar-refractivity contribution is -0.123. The largest absolute Gasteiger partial charge is 0.319 e. The number of Topliss-reactive ketones (excluding diaryl/α,β-unsaturated/α-hetero) is 1. The Morgan fingerprint density at radius 2 is 1.94 bits per heavy atom. The highest BCUT2D eigenvalue weighted by Gasteiger charge is 2.36. The third-order valence-corrected chi connectivity index (χ3v) is 3.91. The molecule has 0 aliphatic heterocycles. The van der Waals surface area contributed by atoms with E-state index in [1.807, 2.05) is 0 Å². The number of hydrogen-bond donors (Lipinski definition) is 1. The van der Waals surface area contributed by atoms with E-state index >= 15 is 0 Å². The summed E-state index contributed by atoms with van der Waals surface area (Å²) >= 11 is 0. The van der Waals surface area contributed by atoms with Gasteiger partial charge >= 0.3 is 0 Å². The van der Waals surface area contributed by atoms with E-state index in [-0.39, 0.29) is 5.78 Å². The molecule has 0 saturated heterocycles. The zero-order valence-electron chi connectivity index (χ0n) is 10.8. The highest BCUT2D eigenvalue weighted by Crippen LogP contribution is 2.29. The molecule has 0 amide bonds. The quantitative estimate of drug-likeness (QED) is 0.869. The van der Waals surface area contributed by atoms with Crippen LogP contribution in [0.5, 0.6) is 0 Å². The van der Waals surface area contributed by atoms with Crippen LogP contribution in [0.15, 0.2) is 18.2 Å². The van der Waals surface area contributed by atoms with Gasteiger partial charge in [-0.2, -0.15) is 0 Å². The summed E-state index contributed by atoms with van der Waals surface area (Å²) in [5.41, 5.74) is 9.17. The lowest BCUT2D eigenvalue weighted by Gasteiger charge is -2.22. The van der Waals surface area contributed by atoms with Crippen LogP contribution in [-0.2, 0) is 11.2 Å². The second-order valence-electron chi connectivity index (χ2n) is 5.39. The van der Waals surface area contributed by atoms with Gasteiger partial charge in [0, 0.05) is 6.42 Å². The van der Waals surface area contributed by atoms with Crippen LogP contribution in [0.25, 0.3) is 0 Å². The normalized spacial score (nSPS) is 18.3. The summed E-state index contributed by atoms with van der Waals surface area (Å²) in [6.07, 6.45) is 4.39. The van der Waals surface area contributed by atoms with Crippen molar-refractivity contribution in [2.75, 3.05) is 0 Å². The van der Waals surface area contributed by atoms with Gasteiger partial charge < -0.3 is 5.73 Å². The third kappa shape index (κ3) is 2.58. The fourth-order valence-corrected chi connectivity index (χ4v) is 2.62. The average Bonchev–Trinajstić information content (AvgIpc) is 2.72. The van der Waals surface area contributed by atoms with E-state index in [0.717, 1.165) is 31.2 Å². The predicted octanol–water partition coefficient (Wildman–Crippen LogP) is 2.69. The first kappa shape index (κ1) is 12.3. The van der Waals surface area contributed by atoms with Gasteiger partial charge in [0.15, 0.2) is 5.78 Å². The Morgan fingerprint density at radius 3 is 2.59 bits per heavy atom. The molecule has 0 unspecified atom stereocenters. The molecule has 0 aromatic heterocycles. The zero-order valence-corrected chi connectivity index (χ0v) is 10.8. The van der Waals surface area contributed by atoms with Gasteiger partial charge in [-0.1, -0.05) is 36.6 Å². The van der Waals surface area contributed by atoms with Crippen molar-refractivity contribution in [1.29, 1.82) is 0 Å². The first-order chi connectivity index (χ1) is 8.01. The molecule has 1 aromatic carbocycles. The summed E-state index contributed by atoms with van der Waals surface area (Å²) in [6.45, 7) is 4.11. The first-order valence-electron chi connectivity index (χ1n) is 6.40. The molecule has 1 fully saturated rings. The van der Waals surface area contributed by atoms with Crippen LogP contribution >= 0.6 is 0 Å².